The van der Waals surface area contributed by atoms with Crippen molar-refractivity contribution in [3.63, 3.8) is 0 Å². The minimum absolute atomic E-state index is 0.0552. The number of carbonyl (C=O) groups is 1. The maximum Gasteiger partial charge on any atom is 0.493 e. The molecular formula is C22H23F3N6O4. The minimum atomic E-state index is -5.30. The van der Waals surface area contributed by atoms with E-state index in [1.807, 2.05) is 0 Å². The van der Waals surface area contributed by atoms with Gasteiger partial charge < -0.3 is 15.1 Å². The van der Waals surface area contributed by atoms with E-state index in [0.717, 1.165) is 9.13 Å². The van der Waals surface area contributed by atoms with E-state index in [2.05, 4.69) is 17.2 Å². The largest absolute Gasteiger partial charge is 0.493 e. The smallest absolute Gasteiger partial charge is 0.327 e. The molecule has 1 fully saturated rings. The maximum atomic E-state index is 13.3. The number of nitrogens with one attached hydrogen (secondary N) is 1. The highest BCUT2D eigenvalue weighted by atomic mass is 19.4. The highest BCUT2D eigenvalue weighted by Gasteiger charge is 2.51. The monoisotopic (exact) mass is 492 g/mol. The SMILES string of the molecule is CC#CCN1c2c(n(-c3ccccc3)c(=O)n(C)c2=O)N(OC(=O)C(F)(F)F)C1N1CCNCC1. The van der Waals surface area contributed by atoms with Crippen LogP contribution >= 0.6 is 0 Å². The molecule has 0 bridgehead atoms. The summed E-state index contributed by atoms with van der Waals surface area (Å²) in [4.78, 5) is 46.7. The van der Waals surface area contributed by atoms with Gasteiger partial charge in [-0.2, -0.15) is 13.2 Å². The van der Waals surface area contributed by atoms with Gasteiger partial charge in [-0.25, -0.2) is 14.2 Å². The molecule has 1 aromatic heterocycles. The molecule has 10 nitrogen and oxygen atoms in total. The highest BCUT2D eigenvalue weighted by Crippen LogP contribution is 2.39. The number of anilines is 2. The highest BCUT2D eigenvalue weighted by molar-refractivity contribution is 5.80. The molecule has 1 aromatic carbocycles. The molecule has 1 atom stereocenters. The van der Waals surface area contributed by atoms with Gasteiger partial charge in [-0.05, 0) is 19.1 Å². The van der Waals surface area contributed by atoms with Gasteiger partial charge in [-0.3, -0.25) is 14.3 Å². The molecule has 0 aliphatic carbocycles. The van der Waals surface area contributed by atoms with Crippen molar-refractivity contribution in [1.29, 1.82) is 0 Å². The Hall–Kier alpha value is -3.76. The van der Waals surface area contributed by atoms with E-state index in [1.165, 1.54) is 11.9 Å². The topological polar surface area (TPSA) is 92.0 Å². The van der Waals surface area contributed by atoms with Crippen LogP contribution in [-0.2, 0) is 16.7 Å². The molecule has 1 saturated heterocycles. The molecule has 2 aromatic rings. The number of rotatable bonds is 4. The van der Waals surface area contributed by atoms with Crippen molar-refractivity contribution in [3.05, 3.63) is 51.2 Å². The molecular weight excluding hydrogens is 469 g/mol. The summed E-state index contributed by atoms with van der Waals surface area (Å²) in [6.45, 7) is 3.33. The van der Waals surface area contributed by atoms with E-state index < -0.39 is 29.7 Å². The van der Waals surface area contributed by atoms with E-state index in [9.17, 15) is 27.6 Å². The lowest BCUT2D eigenvalue weighted by atomic mass is 10.3. The lowest BCUT2D eigenvalue weighted by Gasteiger charge is -2.40. The third-order valence-electron chi connectivity index (χ3n) is 5.72. The quantitative estimate of drug-likeness (QED) is 0.614. The Bertz CT molecular complexity index is 1290. The van der Waals surface area contributed by atoms with Gasteiger partial charge in [0.05, 0.1) is 12.2 Å². The summed E-state index contributed by atoms with van der Waals surface area (Å²) in [5.41, 5.74) is -1.38. The van der Waals surface area contributed by atoms with Gasteiger partial charge in [-0.1, -0.05) is 24.1 Å². The van der Waals surface area contributed by atoms with E-state index in [4.69, 9.17) is 4.84 Å². The van der Waals surface area contributed by atoms with Gasteiger partial charge >= 0.3 is 17.8 Å². The molecule has 13 heteroatoms. The summed E-state index contributed by atoms with van der Waals surface area (Å²) < 4.78 is 41.8. The number of carbonyl (C=O) groups excluding carboxylic acids is 1. The first-order chi connectivity index (χ1) is 16.7. The summed E-state index contributed by atoms with van der Waals surface area (Å²) in [7, 11) is 1.28. The molecule has 1 unspecified atom stereocenters. The number of alkyl halides is 3. The van der Waals surface area contributed by atoms with Crippen LogP contribution in [0, 0.1) is 11.8 Å². The van der Waals surface area contributed by atoms with Crippen LogP contribution in [0.15, 0.2) is 39.9 Å². The van der Waals surface area contributed by atoms with Crippen LogP contribution in [0.1, 0.15) is 6.92 Å². The fourth-order valence-electron chi connectivity index (χ4n) is 4.12. The molecule has 4 rings (SSSR count). The second-order valence-electron chi connectivity index (χ2n) is 7.88. The van der Waals surface area contributed by atoms with Crippen LogP contribution in [0.5, 0.6) is 0 Å². The number of aromatic nitrogens is 2. The number of hydrogen-bond acceptors (Lipinski definition) is 8. The van der Waals surface area contributed by atoms with Crippen molar-refractivity contribution in [2.45, 2.75) is 19.4 Å². The molecule has 0 amide bonds. The van der Waals surface area contributed by atoms with Gasteiger partial charge in [0.25, 0.3) is 5.56 Å². The normalized spacial score (nSPS) is 18.1. The van der Waals surface area contributed by atoms with Crippen molar-refractivity contribution >= 4 is 17.5 Å². The first-order valence-corrected chi connectivity index (χ1v) is 10.8. The zero-order chi connectivity index (χ0) is 25.3. The number of hydroxylamine groups is 1. The van der Waals surface area contributed by atoms with E-state index in [-0.39, 0.29) is 23.7 Å². The van der Waals surface area contributed by atoms with Crippen LogP contribution < -0.4 is 26.5 Å². The average Bonchev–Trinajstić information content (AvgIpc) is 3.15. The van der Waals surface area contributed by atoms with Gasteiger partial charge in [0.2, 0.25) is 0 Å². The molecule has 3 heterocycles. The average molecular weight is 492 g/mol. The second-order valence-corrected chi connectivity index (χ2v) is 7.88. The lowest BCUT2D eigenvalue weighted by Crippen LogP contribution is -2.61. The minimum Gasteiger partial charge on any atom is -0.327 e. The summed E-state index contributed by atoms with van der Waals surface area (Å²) in [5.74, 6) is 2.80. The van der Waals surface area contributed by atoms with Crippen LogP contribution in [0.2, 0.25) is 0 Å². The molecule has 2 aliphatic rings. The summed E-state index contributed by atoms with van der Waals surface area (Å²) in [5, 5.41) is 3.86. The molecule has 0 radical (unpaired) electrons. The van der Waals surface area contributed by atoms with Crippen molar-refractivity contribution in [3.8, 4) is 17.5 Å². The predicted molar refractivity (Wildman–Crippen MR) is 121 cm³/mol. The Morgan fingerprint density at radius 1 is 1.17 bits per heavy atom. The van der Waals surface area contributed by atoms with Crippen LogP contribution in [-0.4, -0.2) is 65.2 Å². The molecule has 35 heavy (non-hydrogen) atoms. The number of benzene rings is 1. The first kappa shape index (κ1) is 24.4. The van der Waals surface area contributed by atoms with Crippen molar-refractivity contribution < 1.29 is 22.8 Å². The molecule has 186 valence electrons. The second kappa shape index (κ2) is 9.47. The third-order valence-corrected chi connectivity index (χ3v) is 5.72. The van der Waals surface area contributed by atoms with Crippen LogP contribution in [0.4, 0.5) is 24.7 Å². The van der Waals surface area contributed by atoms with E-state index in [1.54, 1.807) is 42.2 Å². The number of nitrogens with zero attached hydrogens (tertiary/aromatic N) is 5. The summed E-state index contributed by atoms with van der Waals surface area (Å²) in [6, 6.07) is 8.09. The Labute approximate surface area is 198 Å². The third kappa shape index (κ3) is 4.38. The van der Waals surface area contributed by atoms with E-state index in [0.29, 0.717) is 31.2 Å². The molecule has 0 spiro atoms. The molecule has 1 N–H and O–H groups in total. The zero-order valence-electron chi connectivity index (χ0n) is 19.0. The Balaban J connectivity index is 2.03. The number of halogens is 3. The van der Waals surface area contributed by atoms with Crippen molar-refractivity contribution in [2.24, 2.45) is 7.05 Å². The molecule has 0 saturated carbocycles. The predicted octanol–water partition coefficient (Wildman–Crippen LogP) is 0.395. The number of para-hydroxylation sites is 1. The van der Waals surface area contributed by atoms with Crippen LogP contribution in [0.25, 0.3) is 5.69 Å². The number of hydrogen-bond donors (Lipinski definition) is 1. The van der Waals surface area contributed by atoms with Gasteiger partial charge in [0, 0.05) is 33.2 Å². The Morgan fingerprint density at radius 2 is 1.83 bits per heavy atom. The fraction of sp³-hybridized carbons (Fsp3) is 0.409. The van der Waals surface area contributed by atoms with Crippen LogP contribution in [0.3, 0.4) is 0 Å². The van der Waals surface area contributed by atoms with Gasteiger partial charge in [0.1, 0.15) is 0 Å². The molecule has 2 aliphatic heterocycles. The summed E-state index contributed by atoms with van der Waals surface area (Å²) >= 11 is 0. The standard InChI is InChI=1S/C22H23F3N6O4/c1-3-4-12-29-16-17(30(15-8-6-5-7-9-15)21(34)27(2)18(16)32)31(35-19(33)22(23,24)25)20(29)28-13-10-26-11-14-28/h5-9,20,26H,10-14H2,1-2H3. The van der Waals surface area contributed by atoms with Crippen molar-refractivity contribution in [2.75, 3.05) is 42.7 Å². The van der Waals surface area contributed by atoms with Gasteiger partial charge in [-0.15, -0.1) is 11.0 Å². The maximum absolute atomic E-state index is 13.3. The zero-order valence-corrected chi connectivity index (χ0v) is 19.0. The van der Waals surface area contributed by atoms with Gasteiger partial charge in [0.15, 0.2) is 17.8 Å². The number of fused-ring (bicyclic) bond motifs is 1. The summed E-state index contributed by atoms with van der Waals surface area (Å²) in [6.07, 6.45) is -6.44. The number of piperazine rings is 1. The Kier molecular flexibility index (Phi) is 6.60. The fourth-order valence-corrected chi connectivity index (χ4v) is 4.12. The first-order valence-electron chi connectivity index (χ1n) is 10.8. The lowest BCUT2D eigenvalue weighted by molar-refractivity contribution is -0.203. The Morgan fingerprint density at radius 3 is 2.43 bits per heavy atom. The van der Waals surface area contributed by atoms with E-state index >= 15 is 0 Å². The van der Waals surface area contributed by atoms with Crippen molar-refractivity contribution in [1.82, 2.24) is 19.4 Å².